The average molecular weight is 370 g/mol. The molecule has 1 heterocycles. The Labute approximate surface area is 160 Å². The molecule has 3 fully saturated rings. The van der Waals surface area contributed by atoms with Crippen molar-refractivity contribution in [2.24, 2.45) is 11.7 Å². The molecule has 1 amide bonds. The van der Waals surface area contributed by atoms with E-state index < -0.39 is 16.9 Å². The smallest absolute Gasteiger partial charge is 0.252 e. The molecule has 4 N–H and O–H groups in total. The van der Waals surface area contributed by atoms with E-state index in [2.05, 4.69) is 11.8 Å². The molecule has 1 aromatic carbocycles. The number of nitrogens with two attached hydrogens (primary N) is 1. The molecular formula is C22H30N2O3. The van der Waals surface area contributed by atoms with E-state index in [1.54, 1.807) is 6.07 Å². The third-order valence-corrected chi connectivity index (χ3v) is 8.24. The molecule has 1 aromatic rings. The molecule has 5 nitrogen and oxygen atoms in total. The number of rotatable bonds is 3. The highest BCUT2D eigenvalue weighted by molar-refractivity contribution is 5.96. The van der Waals surface area contributed by atoms with Gasteiger partial charge in [-0.3, -0.25) is 9.69 Å². The van der Waals surface area contributed by atoms with Crippen molar-refractivity contribution in [3.05, 3.63) is 28.8 Å². The number of hydrogen-bond donors (Lipinski definition) is 3. The SMILES string of the molecule is C[C@@H](C1CC1)N1CC[C@]23CCCC[C@@]2(O)[C@H]1Cc1ccc(C(N)=O)c(O)c13. The topological polar surface area (TPSA) is 86.8 Å². The molecule has 0 aromatic heterocycles. The number of phenols is 1. The van der Waals surface area contributed by atoms with Gasteiger partial charge in [0.25, 0.3) is 5.91 Å². The van der Waals surface area contributed by atoms with Crippen molar-refractivity contribution in [3.63, 3.8) is 0 Å². The highest BCUT2D eigenvalue weighted by Crippen LogP contribution is 2.61. The third-order valence-electron chi connectivity index (χ3n) is 8.24. The van der Waals surface area contributed by atoms with Gasteiger partial charge in [0.2, 0.25) is 0 Å². The third kappa shape index (κ3) is 2.21. The number of amides is 1. The second-order valence-electron chi connectivity index (χ2n) is 9.36. The number of likely N-dealkylation sites (tertiary alicyclic amines) is 1. The molecule has 5 heteroatoms. The van der Waals surface area contributed by atoms with Crippen LogP contribution in [0.25, 0.3) is 0 Å². The summed E-state index contributed by atoms with van der Waals surface area (Å²) >= 11 is 0. The molecule has 5 rings (SSSR count). The summed E-state index contributed by atoms with van der Waals surface area (Å²) < 4.78 is 0. The van der Waals surface area contributed by atoms with Gasteiger partial charge in [-0.15, -0.1) is 0 Å². The Morgan fingerprint density at radius 3 is 2.70 bits per heavy atom. The second-order valence-corrected chi connectivity index (χ2v) is 9.36. The van der Waals surface area contributed by atoms with Crippen molar-refractivity contribution in [2.45, 2.75) is 81.4 Å². The Balaban J connectivity index is 1.68. The Morgan fingerprint density at radius 1 is 1.26 bits per heavy atom. The predicted molar refractivity (Wildman–Crippen MR) is 103 cm³/mol. The van der Waals surface area contributed by atoms with E-state index in [0.717, 1.165) is 62.1 Å². The zero-order valence-electron chi connectivity index (χ0n) is 16.1. The number of carbonyl (C=O) groups is 1. The quantitative estimate of drug-likeness (QED) is 0.763. The molecule has 146 valence electrons. The maximum Gasteiger partial charge on any atom is 0.252 e. The zero-order valence-corrected chi connectivity index (χ0v) is 16.1. The summed E-state index contributed by atoms with van der Waals surface area (Å²) in [6.07, 6.45) is 7.87. The maximum atomic E-state index is 12.1. The Kier molecular flexibility index (Phi) is 3.70. The van der Waals surface area contributed by atoms with Gasteiger partial charge in [-0.2, -0.15) is 0 Å². The molecule has 0 radical (unpaired) electrons. The molecule has 1 aliphatic heterocycles. The minimum atomic E-state index is -0.840. The summed E-state index contributed by atoms with van der Waals surface area (Å²) in [4.78, 5) is 14.4. The van der Waals surface area contributed by atoms with Crippen LogP contribution in [0.2, 0.25) is 0 Å². The first-order valence-electron chi connectivity index (χ1n) is 10.5. The lowest BCUT2D eigenvalue weighted by Crippen LogP contribution is -2.73. The first-order valence-corrected chi connectivity index (χ1v) is 10.5. The summed E-state index contributed by atoms with van der Waals surface area (Å²) in [6, 6.07) is 4.21. The number of aliphatic hydroxyl groups is 1. The molecule has 0 unspecified atom stereocenters. The van der Waals surface area contributed by atoms with E-state index in [-0.39, 0.29) is 17.4 Å². The standard InChI is InChI=1S/C22H30N2O3/c1-13(14-4-5-14)24-11-10-21-8-2-3-9-22(21,27)17(24)12-15-6-7-16(20(23)26)19(25)18(15)21/h6-7,13-14,17,25,27H,2-5,8-12H2,1H3,(H2,23,26)/t13-,17+,21-,22+/m0/s1. The first-order chi connectivity index (χ1) is 12.9. The lowest BCUT2D eigenvalue weighted by molar-refractivity contribution is -0.175. The molecule has 4 aliphatic rings. The minimum absolute atomic E-state index is 0.0162. The van der Waals surface area contributed by atoms with Crippen molar-refractivity contribution in [1.29, 1.82) is 0 Å². The van der Waals surface area contributed by atoms with Crippen LogP contribution in [0.15, 0.2) is 12.1 Å². The fourth-order valence-corrected chi connectivity index (χ4v) is 6.69. The van der Waals surface area contributed by atoms with Crippen LogP contribution in [0.1, 0.15) is 73.4 Å². The van der Waals surface area contributed by atoms with Crippen molar-refractivity contribution in [1.82, 2.24) is 4.90 Å². The van der Waals surface area contributed by atoms with E-state index in [4.69, 9.17) is 5.73 Å². The van der Waals surface area contributed by atoms with Gasteiger partial charge in [-0.05, 0) is 69.5 Å². The van der Waals surface area contributed by atoms with Gasteiger partial charge >= 0.3 is 0 Å². The molecule has 2 saturated carbocycles. The summed E-state index contributed by atoms with van der Waals surface area (Å²) in [5.41, 5.74) is 6.29. The summed E-state index contributed by atoms with van der Waals surface area (Å²) in [6.45, 7) is 3.27. The average Bonchev–Trinajstić information content (AvgIpc) is 3.45. The monoisotopic (exact) mass is 370 g/mol. The van der Waals surface area contributed by atoms with Gasteiger partial charge in [-0.1, -0.05) is 18.9 Å². The van der Waals surface area contributed by atoms with Crippen LogP contribution in [-0.2, 0) is 11.8 Å². The number of nitrogens with zero attached hydrogens (tertiary/aromatic N) is 1. The maximum absolute atomic E-state index is 12.1. The van der Waals surface area contributed by atoms with E-state index in [1.807, 2.05) is 6.07 Å². The molecule has 1 saturated heterocycles. The van der Waals surface area contributed by atoms with Crippen molar-refractivity contribution < 1.29 is 15.0 Å². The molecule has 0 spiro atoms. The van der Waals surface area contributed by atoms with Gasteiger partial charge < -0.3 is 15.9 Å². The Bertz CT molecular complexity index is 805. The van der Waals surface area contributed by atoms with Gasteiger partial charge in [0.15, 0.2) is 0 Å². The van der Waals surface area contributed by atoms with Crippen LogP contribution in [0.4, 0.5) is 0 Å². The van der Waals surface area contributed by atoms with Crippen LogP contribution >= 0.6 is 0 Å². The number of piperidine rings is 1. The lowest BCUT2D eigenvalue weighted by Gasteiger charge is -2.64. The van der Waals surface area contributed by atoms with Gasteiger partial charge in [-0.25, -0.2) is 0 Å². The number of fused-ring (bicyclic) bond motifs is 1. The zero-order chi connectivity index (χ0) is 19.0. The number of carbonyl (C=O) groups excluding carboxylic acids is 1. The van der Waals surface area contributed by atoms with Crippen molar-refractivity contribution >= 4 is 5.91 Å². The Hall–Kier alpha value is -1.59. The molecule has 27 heavy (non-hydrogen) atoms. The second kappa shape index (κ2) is 5.71. The van der Waals surface area contributed by atoms with E-state index in [0.29, 0.717) is 6.04 Å². The molecular weight excluding hydrogens is 340 g/mol. The van der Waals surface area contributed by atoms with E-state index in [1.165, 1.54) is 12.8 Å². The molecule has 4 atom stereocenters. The van der Waals surface area contributed by atoms with Crippen LogP contribution in [0.3, 0.4) is 0 Å². The fourth-order valence-electron chi connectivity index (χ4n) is 6.69. The van der Waals surface area contributed by atoms with Gasteiger partial charge in [0, 0.05) is 23.1 Å². The fraction of sp³-hybridized carbons (Fsp3) is 0.682. The largest absolute Gasteiger partial charge is 0.507 e. The predicted octanol–water partition coefficient (Wildman–Crippen LogP) is 2.46. The number of benzene rings is 1. The van der Waals surface area contributed by atoms with Gasteiger partial charge in [0.1, 0.15) is 5.75 Å². The van der Waals surface area contributed by atoms with Crippen molar-refractivity contribution in [3.8, 4) is 5.75 Å². The molecule has 3 aliphatic carbocycles. The molecule has 2 bridgehead atoms. The van der Waals surface area contributed by atoms with Crippen LogP contribution in [0.5, 0.6) is 5.75 Å². The van der Waals surface area contributed by atoms with Gasteiger partial charge in [0.05, 0.1) is 11.2 Å². The lowest BCUT2D eigenvalue weighted by atomic mass is 9.49. The van der Waals surface area contributed by atoms with Crippen molar-refractivity contribution in [2.75, 3.05) is 6.54 Å². The summed E-state index contributed by atoms with van der Waals surface area (Å²) in [5, 5.41) is 23.1. The number of primary amides is 1. The first kappa shape index (κ1) is 17.5. The van der Waals surface area contributed by atoms with E-state index >= 15 is 0 Å². The van der Waals surface area contributed by atoms with Crippen LogP contribution < -0.4 is 5.73 Å². The van der Waals surface area contributed by atoms with Crippen LogP contribution in [-0.4, -0.2) is 45.2 Å². The Morgan fingerprint density at radius 2 is 2.00 bits per heavy atom. The van der Waals surface area contributed by atoms with Crippen LogP contribution in [0, 0.1) is 5.92 Å². The summed E-state index contributed by atoms with van der Waals surface area (Å²) in [5.74, 6) is 0.173. The highest BCUT2D eigenvalue weighted by Gasteiger charge is 2.65. The normalized spacial score (nSPS) is 36.6. The summed E-state index contributed by atoms with van der Waals surface area (Å²) in [7, 11) is 0. The number of hydrogen-bond acceptors (Lipinski definition) is 4. The van der Waals surface area contributed by atoms with E-state index in [9.17, 15) is 15.0 Å². The highest BCUT2D eigenvalue weighted by atomic mass is 16.3. The number of aromatic hydroxyl groups is 1. The minimum Gasteiger partial charge on any atom is -0.507 e.